The van der Waals surface area contributed by atoms with Gasteiger partial charge in [-0.25, -0.2) is 4.79 Å². The summed E-state index contributed by atoms with van der Waals surface area (Å²) in [6.07, 6.45) is 1.42. The van der Waals surface area contributed by atoms with E-state index in [1.165, 1.54) is 4.90 Å². The molecule has 0 saturated carbocycles. The first-order valence-corrected chi connectivity index (χ1v) is 8.24. The van der Waals surface area contributed by atoms with Gasteiger partial charge in [-0.1, -0.05) is 18.2 Å². The van der Waals surface area contributed by atoms with E-state index in [4.69, 9.17) is 0 Å². The van der Waals surface area contributed by atoms with E-state index < -0.39 is 12.1 Å². The first kappa shape index (κ1) is 14.9. The Labute approximate surface area is 132 Å². The van der Waals surface area contributed by atoms with Crippen molar-refractivity contribution in [2.75, 3.05) is 5.75 Å². The number of urea groups is 1. The predicted octanol–water partition coefficient (Wildman–Crippen LogP) is 1.33. The molecule has 0 aliphatic carbocycles. The van der Waals surface area contributed by atoms with Crippen LogP contribution in [0.5, 0.6) is 0 Å². The van der Waals surface area contributed by atoms with Crippen LogP contribution >= 0.6 is 11.8 Å². The van der Waals surface area contributed by atoms with Gasteiger partial charge in [0.2, 0.25) is 5.91 Å². The molecule has 2 aliphatic rings. The lowest BCUT2D eigenvalue weighted by Gasteiger charge is -2.26. The van der Waals surface area contributed by atoms with Gasteiger partial charge >= 0.3 is 6.03 Å². The molecule has 2 heterocycles. The highest BCUT2D eigenvalue weighted by molar-refractivity contribution is 7.99. The van der Waals surface area contributed by atoms with Crippen LogP contribution in [0, 0.1) is 0 Å². The van der Waals surface area contributed by atoms with Gasteiger partial charge in [-0.05, 0) is 24.5 Å². The van der Waals surface area contributed by atoms with Crippen LogP contribution in [0.2, 0.25) is 0 Å². The fourth-order valence-electron chi connectivity index (χ4n) is 2.70. The van der Waals surface area contributed by atoms with Crippen molar-refractivity contribution in [3.05, 3.63) is 29.8 Å². The molecular formula is C15H17N3O3S. The number of hydrogen-bond donors (Lipinski definition) is 3. The molecule has 1 fully saturated rings. The van der Waals surface area contributed by atoms with Crippen molar-refractivity contribution in [2.24, 2.45) is 0 Å². The summed E-state index contributed by atoms with van der Waals surface area (Å²) in [5.41, 5.74) is 1.15. The second-order valence-electron chi connectivity index (χ2n) is 5.35. The molecule has 4 amide bonds. The van der Waals surface area contributed by atoms with E-state index in [0.29, 0.717) is 6.42 Å². The van der Waals surface area contributed by atoms with Crippen molar-refractivity contribution in [3.8, 4) is 0 Å². The van der Waals surface area contributed by atoms with Gasteiger partial charge in [0.25, 0.3) is 5.91 Å². The predicted molar refractivity (Wildman–Crippen MR) is 82.4 cm³/mol. The third kappa shape index (κ3) is 3.24. The number of carbonyl (C=O) groups is 3. The molecule has 0 unspecified atom stereocenters. The van der Waals surface area contributed by atoms with E-state index in [-0.39, 0.29) is 24.3 Å². The summed E-state index contributed by atoms with van der Waals surface area (Å²) in [7, 11) is 0. The SMILES string of the molecule is O=C(CC[C@@H]1NC(=O)NC1=O)N[C@@H]1CCSc2ccccc21. The van der Waals surface area contributed by atoms with E-state index in [0.717, 1.165) is 17.7 Å². The molecule has 1 aromatic carbocycles. The lowest BCUT2D eigenvalue weighted by molar-refractivity contribution is -0.122. The molecule has 2 aliphatic heterocycles. The topological polar surface area (TPSA) is 87.3 Å². The molecule has 2 atom stereocenters. The minimum atomic E-state index is -0.604. The van der Waals surface area contributed by atoms with E-state index >= 15 is 0 Å². The second-order valence-corrected chi connectivity index (χ2v) is 6.49. The van der Waals surface area contributed by atoms with Crippen LogP contribution in [0.3, 0.4) is 0 Å². The molecule has 0 aromatic heterocycles. The summed E-state index contributed by atoms with van der Waals surface area (Å²) < 4.78 is 0. The smallest absolute Gasteiger partial charge is 0.322 e. The van der Waals surface area contributed by atoms with Crippen molar-refractivity contribution in [1.82, 2.24) is 16.0 Å². The molecule has 0 radical (unpaired) electrons. The lowest BCUT2D eigenvalue weighted by atomic mass is 10.0. The highest BCUT2D eigenvalue weighted by Crippen LogP contribution is 2.35. The number of carbonyl (C=O) groups excluding carboxylic acids is 3. The number of fused-ring (bicyclic) bond motifs is 1. The van der Waals surface area contributed by atoms with Crippen LogP contribution in [0.15, 0.2) is 29.2 Å². The molecule has 6 nitrogen and oxygen atoms in total. The van der Waals surface area contributed by atoms with Gasteiger partial charge in [-0.3, -0.25) is 14.9 Å². The highest BCUT2D eigenvalue weighted by atomic mass is 32.2. The number of hydrogen-bond acceptors (Lipinski definition) is 4. The maximum absolute atomic E-state index is 12.1. The first-order valence-electron chi connectivity index (χ1n) is 7.26. The molecule has 3 rings (SSSR count). The third-order valence-corrected chi connectivity index (χ3v) is 4.93. The van der Waals surface area contributed by atoms with E-state index in [1.54, 1.807) is 11.8 Å². The zero-order valence-corrected chi connectivity index (χ0v) is 12.7. The van der Waals surface area contributed by atoms with Crippen LogP contribution < -0.4 is 16.0 Å². The van der Waals surface area contributed by atoms with Gasteiger partial charge in [-0.2, -0.15) is 0 Å². The van der Waals surface area contributed by atoms with Crippen LogP contribution in [-0.4, -0.2) is 29.6 Å². The van der Waals surface area contributed by atoms with Crippen molar-refractivity contribution >= 4 is 29.6 Å². The monoisotopic (exact) mass is 319 g/mol. The normalized spacial score (nSPS) is 23.5. The Balaban J connectivity index is 1.54. The molecule has 0 spiro atoms. The number of thioether (sulfide) groups is 1. The van der Waals surface area contributed by atoms with E-state index in [1.807, 2.05) is 18.2 Å². The van der Waals surface area contributed by atoms with Crippen molar-refractivity contribution in [1.29, 1.82) is 0 Å². The molecule has 116 valence electrons. The standard InChI is InChI=1S/C15H17N3O3S/c19-13(6-5-11-14(20)18-15(21)17-11)16-10-7-8-22-12-4-2-1-3-9(10)12/h1-4,10-11H,5-8H2,(H,16,19)(H2,17,18,20,21)/t10-,11+/m1/s1. The van der Waals surface area contributed by atoms with Gasteiger partial charge in [-0.15, -0.1) is 11.8 Å². The van der Waals surface area contributed by atoms with Crippen LogP contribution in [-0.2, 0) is 9.59 Å². The maximum Gasteiger partial charge on any atom is 0.322 e. The fraction of sp³-hybridized carbons (Fsp3) is 0.400. The van der Waals surface area contributed by atoms with Crippen molar-refractivity contribution in [3.63, 3.8) is 0 Å². The number of amides is 4. The van der Waals surface area contributed by atoms with Crippen LogP contribution in [0.4, 0.5) is 4.79 Å². The van der Waals surface area contributed by atoms with Gasteiger partial charge in [0, 0.05) is 17.1 Å². The second kappa shape index (κ2) is 6.39. The lowest BCUT2D eigenvalue weighted by Crippen LogP contribution is -2.34. The maximum atomic E-state index is 12.1. The fourth-order valence-corrected chi connectivity index (χ4v) is 3.82. The summed E-state index contributed by atoms with van der Waals surface area (Å²) in [5, 5.41) is 7.69. The zero-order chi connectivity index (χ0) is 15.5. The molecule has 1 aromatic rings. The summed E-state index contributed by atoms with van der Waals surface area (Å²) in [4.78, 5) is 35.8. The van der Waals surface area contributed by atoms with Gasteiger partial charge in [0.15, 0.2) is 0 Å². The van der Waals surface area contributed by atoms with Gasteiger partial charge in [0.1, 0.15) is 6.04 Å². The van der Waals surface area contributed by atoms with Crippen molar-refractivity contribution < 1.29 is 14.4 Å². The summed E-state index contributed by atoms with van der Waals surface area (Å²) in [6.45, 7) is 0. The number of nitrogens with one attached hydrogen (secondary N) is 3. The molecule has 22 heavy (non-hydrogen) atoms. The number of imide groups is 1. The molecular weight excluding hydrogens is 302 g/mol. The summed E-state index contributed by atoms with van der Waals surface area (Å²) in [6, 6.07) is 7.01. The Morgan fingerprint density at radius 2 is 2.14 bits per heavy atom. The van der Waals surface area contributed by atoms with Crippen LogP contribution in [0.25, 0.3) is 0 Å². The highest BCUT2D eigenvalue weighted by Gasteiger charge is 2.30. The van der Waals surface area contributed by atoms with Crippen molar-refractivity contribution in [2.45, 2.75) is 36.2 Å². The Morgan fingerprint density at radius 3 is 2.91 bits per heavy atom. The number of rotatable bonds is 4. The average Bonchev–Trinajstić information content (AvgIpc) is 2.83. The quantitative estimate of drug-likeness (QED) is 0.731. The van der Waals surface area contributed by atoms with Gasteiger partial charge < -0.3 is 10.6 Å². The molecule has 7 heteroatoms. The largest absolute Gasteiger partial charge is 0.349 e. The Morgan fingerprint density at radius 1 is 1.32 bits per heavy atom. The number of benzene rings is 1. The van der Waals surface area contributed by atoms with Crippen LogP contribution in [0.1, 0.15) is 30.9 Å². The summed E-state index contributed by atoms with van der Waals surface area (Å²) >= 11 is 1.80. The zero-order valence-electron chi connectivity index (χ0n) is 11.9. The Bertz CT molecular complexity index is 620. The minimum absolute atomic E-state index is 0.0249. The minimum Gasteiger partial charge on any atom is -0.349 e. The Kier molecular flexibility index (Phi) is 4.33. The van der Waals surface area contributed by atoms with Gasteiger partial charge in [0.05, 0.1) is 6.04 Å². The molecule has 0 bridgehead atoms. The average molecular weight is 319 g/mol. The first-order chi connectivity index (χ1) is 10.6. The molecule has 1 saturated heterocycles. The molecule has 3 N–H and O–H groups in total. The third-order valence-electron chi connectivity index (χ3n) is 3.81. The van der Waals surface area contributed by atoms with E-state index in [2.05, 4.69) is 22.0 Å². The van der Waals surface area contributed by atoms with E-state index in [9.17, 15) is 14.4 Å². The summed E-state index contributed by atoms with van der Waals surface area (Å²) in [5.74, 6) is 0.515. The Hall–Kier alpha value is -2.02.